The highest BCUT2D eigenvalue weighted by molar-refractivity contribution is 5.90. The van der Waals surface area contributed by atoms with Crippen LogP contribution in [0.3, 0.4) is 0 Å². The largest absolute Gasteiger partial charge is 0.454 e. The number of ether oxygens (including phenoxy) is 2. The third kappa shape index (κ3) is 2.87. The minimum absolute atomic E-state index is 0.213. The highest BCUT2D eigenvalue weighted by atomic mass is 16.7. The second-order valence-corrected chi connectivity index (χ2v) is 3.69. The van der Waals surface area contributed by atoms with Crippen LogP contribution in [-0.4, -0.2) is 18.5 Å². The maximum Gasteiger partial charge on any atom is 0.339 e. The van der Waals surface area contributed by atoms with Crippen LogP contribution >= 0.6 is 0 Å². The van der Waals surface area contributed by atoms with Crippen LogP contribution in [0.1, 0.15) is 13.8 Å². The van der Waals surface area contributed by atoms with Gasteiger partial charge < -0.3 is 14.8 Å². The van der Waals surface area contributed by atoms with Gasteiger partial charge in [-0.2, -0.15) is 5.10 Å². The minimum Gasteiger partial charge on any atom is -0.454 e. The highest BCUT2D eigenvalue weighted by Crippen LogP contribution is 2.34. The van der Waals surface area contributed by atoms with Crippen molar-refractivity contribution < 1.29 is 14.3 Å². The third-order valence-electron chi connectivity index (χ3n) is 2.01. The summed E-state index contributed by atoms with van der Waals surface area (Å²) >= 11 is 0. The van der Waals surface area contributed by atoms with E-state index in [2.05, 4.69) is 15.8 Å². The van der Waals surface area contributed by atoms with Crippen molar-refractivity contribution in [3.8, 4) is 11.5 Å². The molecule has 0 fully saturated rings. The Bertz CT molecular complexity index is 467. The lowest BCUT2D eigenvalue weighted by Gasteiger charge is -2.05. The van der Waals surface area contributed by atoms with Crippen LogP contribution in [0.4, 0.5) is 10.5 Å². The fourth-order valence-electron chi connectivity index (χ4n) is 1.30. The predicted octanol–water partition coefficient (Wildman–Crippen LogP) is 1.93. The lowest BCUT2D eigenvalue weighted by atomic mass is 10.3. The lowest BCUT2D eigenvalue weighted by molar-refractivity contribution is 0.174. The Morgan fingerprint density at radius 3 is 2.82 bits per heavy atom. The zero-order chi connectivity index (χ0) is 12.3. The van der Waals surface area contributed by atoms with Gasteiger partial charge in [-0.3, -0.25) is 0 Å². The summed E-state index contributed by atoms with van der Waals surface area (Å²) in [4.78, 5) is 11.4. The zero-order valence-corrected chi connectivity index (χ0v) is 9.61. The van der Waals surface area contributed by atoms with Gasteiger partial charge in [-0.15, -0.1) is 0 Å². The molecular formula is C11H13N3O3. The molecule has 6 nitrogen and oxygen atoms in total. The van der Waals surface area contributed by atoms with E-state index in [0.717, 1.165) is 5.71 Å². The summed E-state index contributed by atoms with van der Waals surface area (Å²) in [7, 11) is 0. The van der Waals surface area contributed by atoms with Crippen molar-refractivity contribution in [1.82, 2.24) is 5.43 Å². The molecule has 1 heterocycles. The molecule has 1 aliphatic heterocycles. The third-order valence-corrected chi connectivity index (χ3v) is 2.01. The van der Waals surface area contributed by atoms with Gasteiger partial charge in [0.15, 0.2) is 11.5 Å². The Morgan fingerprint density at radius 1 is 1.29 bits per heavy atom. The molecule has 0 aromatic heterocycles. The number of amides is 2. The lowest BCUT2D eigenvalue weighted by Crippen LogP contribution is -2.24. The zero-order valence-electron chi connectivity index (χ0n) is 9.61. The Kier molecular flexibility index (Phi) is 3.13. The number of urea groups is 1. The van der Waals surface area contributed by atoms with E-state index < -0.39 is 6.03 Å². The number of hydrazone groups is 1. The quantitative estimate of drug-likeness (QED) is 0.607. The SMILES string of the molecule is CC(C)=NNC(=O)Nc1ccc2c(c1)OCO2. The Morgan fingerprint density at radius 2 is 2.06 bits per heavy atom. The summed E-state index contributed by atoms with van der Waals surface area (Å²) in [5, 5.41) is 6.43. The summed E-state index contributed by atoms with van der Waals surface area (Å²) in [5.74, 6) is 1.30. The Labute approximate surface area is 98.6 Å². The number of fused-ring (bicyclic) bond motifs is 1. The standard InChI is InChI=1S/C11H13N3O3/c1-7(2)13-14-11(15)12-8-3-4-9-10(5-8)17-6-16-9/h3-5H,6H2,1-2H3,(H2,12,14,15). The molecule has 1 aromatic carbocycles. The number of nitrogens with one attached hydrogen (secondary N) is 2. The van der Waals surface area contributed by atoms with Crippen LogP contribution in [0.2, 0.25) is 0 Å². The monoisotopic (exact) mass is 235 g/mol. The minimum atomic E-state index is -0.398. The molecule has 0 aliphatic carbocycles. The van der Waals surface area contributed by atoms with Gasteiger partial charge in [0.1, 0.15) is 0 Å². The van der Waals surface area contributed by atoms with Gasteiger partial charge in [0.25, 0.3) is 0 Å². The van der Waals surface area contributed by atoms with E-state index >= 15 is 0 Å². The molecule has 1 aliphatic rings. The predicted molar refractivity (Wildman–Crippen MR) is 63.5 cm³/mol. The molecule has 1 aromatic rings. The topological polar surface area (TPSA) is 72.0 Å². The second-order valence-electron chi connectivity index (χ2n) is 3.69. The summed E-state index contributed by atoms with van der Waals surface area (Å²) < 4.78 is 10.4. The van der Waals surface area contributed by atoms with Gasteiger partial charge >= 0.3 is 6.03 Å². The molecule has 0 bridgehead atoms. The fourth-order valence-corrected chi connectivity index (χ4v) is 1.30. The normalized spacial score (nSPS) is 11.9. The van der Waals surface area contributed by atoms with E-state index in [-0.39, 0.29) is 6.79 Å². The molecular weight excluding hydrogens is 222 g/mol. The van der Waals surface area contributed by atoms with Gasteiger partial charge in [0, 0.05) is 17.5 Å². The van der Waals surface area contributed by atoms with Crippen molar-refractivity contribution in [1.29, 1.82) is 0 Å². The van der Waals surface area contributed by atoms with Gasteiger partial charge in [-0.25, -0.2) is 10.2 Å². The van der Waals surface area contributed by atoms with E-state index in [9.17, 15) is 4.79 Å². The number of carbonyl (C=O) groups is 1. The number of rotatable bonds is 2. The molecule has 6 heteroatoms. The van der Waals surface area contributed by atoms with Crippen molar-refractivity contribution >= 4 is 17.4 Å². The molecule has 0 saturated carbocycles. The van der Waals surface area contributed by atoms with Crippen LogP contribution in [0.5, 0.6) is 11.5 Å². The molecule has 2 N–H and O–H groups in total. The number of anilines is 1. The van der Waals surface area contributed by atoms with E-state index in [0.29, 0.717) is 17.2 Å². The van der Waals surface area contributed by atoms with E-state index in [1.807, 2.05) is 0 Å². The summed E-state index contributed by atoms with van der Waals surface area (Å²) in [6, 6.07) is 4.77. The van der Waals surface area contributed by atoms with Crippen LogP contribution < -0.4 is 20.2 Å². The van der Waals surface area contributed by atoms with Crippen molar-refractivity contribution in [2.75, 3.05) is 12.1 Å². The summed E-state index contributed by atoms with van der Waals surface area (Å²) in [5.41, 5.74) is 3.75. The van der Waals surface area contributed by atoms with Gasteiger partial charge in [-0.05, 0) is 26.0 Å². The Hall–Kier alpha value is -2.24. The molecule has 0 saturated heterocycles. The fraction of sp³-hybridized carbons (Fsp3) is 0.273. The molecule has 0 atom stereocenters. The first-order chi connectivity index (χ1) is 8.15. The highest BCUT2D eigenvalue weighted by Gasteiger charge is 2.13. The number of hydrogen-bond acceptors (Lipinski definition) is 4. The molecule has 2 amide bonds. The summed E-state index contributed by atoms with van der Waals surface area (Å²) in [6.45, 7) is 3.80. The molecule has 90 valence electrons. The van der Waals surface area contributed by atoms with E-state index in [1.165, 1.54) is 0 Å². The molecule has 0 spiro atoms. The van der Waals surface area contributed by atoms with Gasteiger partial charge in [0.05, 0.1) is 0 Å². The van der Waals surface area contributed by atoms with Crippen molar-refractivity contribution in [3.05, 3.63) is 18.2 Å². The van der Waals surface area contributed by atoms with E-state index in [1.54, 1.807) is 32.0 Å². The van der Waals surface area contributed by atoms with Gasteiger partial charge in [0.2, 0.25) is 6.79 Å². The van der Waals surface area contributed by atoms with Crippen LogP contribution in [-0.2, 0) is 0 Å². The molecule has 0 radical (unpaired) electrons. The molecule has 17 heavy (non-hydrogen) atoms. The first-order valence-corrected chi connectivity index (χ1v) is 5.12. The Balaban J connectivity index is 1.99. The number of hydrogen-bond donors (Lipinski definition) is 2. The van der Waals surface area contributed by atoms with Crippen molar-refractivity contribution in [2.45, 2.75) is 13.8 Å². The maximum absolute atomic E-state index is 11.4. The first-order valence-electron chi connectivity index (χ1n) is 5.12. The molecule has 2 rings (SSSR count). The van der Waals surface area contributed by atoms with Crippen molar-refractivity contribution in [3.63, 3.8) is 0 Å². The summed E-state index contributed by atoms with van der Waals surface area (Å²) in [6.07, 6.45) is 0. The smallest absolute Gasteiger partial charge is 0.339 e. The van der Waals surface area contributed by atoms with Crippen LogP contribution in [0, 0.1) is 0 Å². The van der Waals surface area contributed by atoms with Gasteiger partial charge in [-0.1, -0.05) is 0 Å². The molecule has 0 unspecified atom stereocenters. The maximum atomic E-state index is 11.4. The first kappa shape index (κ1) is 11.3. The van der Waals surface area contributed by atoms with Crippen LogP contribution in [0.25, 0.3) is 0 Å². The van der Waals surface area contributed by atoms with Crippen LogP contribution in [0.15, 0.2) is 23.3 Å². The second kappa shape index (κ2) is 4.73. The number of benzene rings is 1. The number of carbonyl (C=O) groups excluding carboxylic acids is 1. The van der Waals surface area contributed by atoms with Crippen molar-refractivity contribution in [2.24, 2.45) is 5.10 Å². The average Bonchev–Trinajstić information content (AvgIpc) is 2.73. The number of nitrogens with zero attached hydrogens (tertiary/aromatic N) is 1. The van der Waals surface area contributed by atoms with E-state index in [4.69, 9.17) is 9.47 Å². The average molecular weight is 235 g/mol.